The van der Waals surface area contributed by atoms with Crippen molar-refractivity contribution in [2.75, 3.05) is 6.54 Å². The maximum Gasteiger partial charge on any atom is 0.251 e. The fourth-order valence-electron chi connectivity index (χ4n) is 5.49. The fraction of sp³-hybridized carbons (Fsp3) is 0.310. The zero-order valence-corrected chi connectivity index (χ0v) is 20.2. The SMILES string of the molecule is O=C(NCCc1c[nH]c2c1C=C(O)CC=C2)c1ccc2c(c1)nc(-c1ccoc1)n2C1CCCCC1. The molecule has 0 bridgehead atoms. The lowest BCUT2D eigenvalue weighted by Crippen LogP contribution is -2.25. The number of aliphatic hydroxyl groups excluding tert-OH is 1. The van der Waals surface area contributed by atoms with Crippen LogP contribution in [0.4, 0.5) is 0 Å². The number of hydrogen-bond donors (Lipinski definition) is 3. The number of amides is 1. The number of carbonyl (C=O) groups excluding carboxylic acids is 1. The average Bonchev–Trinajstić information content (AvgIpc) is 3.61. The van der Waals surface area contributed by atoms with E-state index in [1.54, 1.807) is 18.6 Å². The topological polar surface area (TPSA) is 96.1 Å². The quantitative estimate of drug-likeness (QED) is 0.296. The van der Waals surface area contributed by atoms with Crippen molar-refractivity contribution in [1.29, 1.82) is 0 Å². The zero-order valence-electron chi connectivity index (χ0n) is 20.2. The Kier molecular flexibility index (Phi) is 5.97. The van der Waals surface area contributed by atoms with Gasteiger partial charge in [-0.05, 0) is 61.2 Å². The molecule has 0 saturated heterocycles. The molecule has 36 heavy (non-hydrogen) atoms. The highest BCUT2D eigenvalue weighted by Gasteiger charge is 2.23. The number of benzene rings is 1. The van der Waals surface area contributed by atoms with Crippen LogP contribution in [0.3, 0.4) is 0 Å². The van der Waals surface area contributed by atoms with Crippen LogP contribution in [0, 0.1) is 0 Å². The number of aliphatic hydroxyl groups is 1. The largest absolute Gasteiger partial charge is 0.512 e. The second kappa shape index (κ2) is 9.57. The molecule has 3 N–H and O–H groups in total. The van der Waals surface area contributed by atoms with E-state index in [-0.39, 0.29) is 5.91 Å². The van der Waals surface area contributed by atoms with Gasteiger partial charge in [0.1, 0.15) is 12.1 Å². The number of aromatic amines is 1. The van der Waals surface area contributed by atoms with Gasteiger partial charge in [-0.15, -0.1) is 0 Å². The Hall–Kier alpha value is -4.00. The number of rotatable bonds is 6. The molecule has 0 aliphatic heterocycles. The Balaban J connectivity index is 1.22. The highest BCUT2D eigenvalue weighted by molar-refractivity contribution is 5.98. The minimum Gasteiger partial charge on any atom is -0.512 e. The van der Waals surface area contributed by atoms with Crippen LogP contribution in [0.15, 0.2) is 59.2 Å². The van der Waals surface area contributed by atoms with Gasteiger partial charge in [-0.3, -0.25) is 4.79 Å². The summed E-state index contributed by atoms with van der Waals surface area (Å²) in [4.78, 5) is 21.2. The molecular formula is C29H30N4O3. The summed E-state index contributed by atoms with van der Waals surface area (Å²) in [5.41, 5.74) is 6.47. The standard InChI is InChI=1S/C29H30N4O3/c34-23-7-4-8-25-24(16-23)20(17-31-25)11-13-30-29(35)19-9-10-27-26(15-19)32-28(21-12-14-36-18-21)33(27)22-5-2-1-3-6-22/h4,8-10,12,14-18,22,31,34H,1-3,5-7,11,13H2,(H,30,35). The first-order chi connectivity index (χ1) is 17.7. The molecule has 0 radical (unpaired) electrons. The van der Waals surface area contributed by atoms with Crippen molar-refractivity contribution in [3.8, 4) is 11.4 Å². The second-order valence-electron chi connectivity index (χ2n) is 9.70. The first-order valence-corrected chi connectivity index (χ1v) is 12.8. The summed E-state index contributed by atoms with van der Waals surface area (Å²) in [6.07, 6.45) is 18.3. The summed E-state index contributed by atoms with van der Waals surface area (Å²) >= 11 is 0. The highest BCUT2D eigenvalue weighted by atomic mass is 16.3. The van der Waals surface area contributed by atoms with Gasteiger partial charge < -0.3 is 24.4 Å². The number of H-pyrrole nitrogens is 1. The molecule has 6 rings (SSSR count). The Morgan fingerprint density at radius 3 is 2.94 bits per heavy atom. The number of imidazole rings is 1. The molecule has 1 saturated carbocycles. The molecule has 7 nitrogen and oxygen atoms in total. The van der Waals surface area contributed by atoms with Crippen LogP contribution < -0.4 is 5.32 Å². The number of nitrogens with one attached hydrogen (secondary N) is 2. The predicted octanol–water partition coefficient (Wildman–Crippen LogP) is 6.42. The van der Waals surface area contributed by atoms with E-state index in [4.69, 9.17) is 9.40 Å². The number of hydrogen-bond acceptors (Lipinski definition) is 4. The maximum absolute atomic E-state index is 13.0. The Morgan fingerprint density at radius 2 is 2.11 bits per heavy atom. The summed E-state index contributed by atoms with van der Waals surface area (Å²) in [6, 6.07) is 8.17. The van der Waals surface area contributed by atoms with Crippen LogP contribution >= 0.6 is 0 Å². The smallest absolute Gasteiger partial charge is 0.251 e. The lowest BCUT2D eigenvalue weighted by atomic mass is 9.95. The van der Waals surface area contributed by atoms with Crippen molar-refractivity contribution in [1.82, 2.24) is 19.9 Å². The van der Waals surface area contributed by atoms with E-state index in [1.807, 2.05) is 42.6 Å². The van der Waals surface area contributed by atoms with E-state index in [0.717, 1.165) is 52.1 Å². The van der Waals surface area contributed by atoms with Crippen molar-refractivity contribution < 1.29 is 14.3 Å². The molecular weight excluding hydrogens is 452 g/mol. The predicted molar refractivity (Wildman–Crippen MR) is 141 cm³/mol. The van der Waals surface area contributed by atoms with E-state index in [2.05, 4.69) is 14.9 Å². The van der Waals surface area contributed by atoms with E-state index in [0.29, 0.717) is 36.8 Å². The molecule has 7 heteroatoms. The molecule has 0 unspecified atom stereocenters. The van der Waals surface area contributed by atoms with Crippen molar-refractivity contribution >= 4 is 29.1 Å². The normalized spacial score (nSPS) is 16.1. The minimum atomic E-state index is -0.117. The highest BCUT2D eigenvalue weighted by Crippen LogP contribution is 2.36. The first-order valence-electron chi connectivity index (χ1n) is 12.8. The molecule has 2 aliphatic rings. The Labute approximate surface area is 209 Å². The third kappa shape index (κ3) is 4.26. The molecule has 0 atom stereocenters. The maximum atomic E-state index is 13.0. The molecule has 1 fully saturated rings. The van der Waals surface area contributed by atoms with E-state index >= 15 is 0 Å². The second-order valence-corrected chi connectivity index (χ2v) is 9.70. The van der Waals surface area contributed by atoms with Gasteiger partial charge >= 0.3 is 0 Å². The summed E-state index contributed by atoms with van der Waals surface area (Å²) in [6.45, 7) is 0.496. The fourth-order valence-corrected chi connectivity index (χ4v) is 5.49. The zero-order chi connectivity index (χ0) is 24.5. The molecule has 3 aromatic heterocycles. The lowest BCUT2D eigenvalue weighted by Gasteiger charge is -2.25. The molecule has 3 heterocycles. The summed E-state index contributed by atoms with van der Waals surface area (Å²) < 4.78 is 7.69. The molecule has 184 valence electrons. The monoisotopic (exact) mass is 482 g/mol. The third-order valence-corrected chi connectivity index (χ3v) is 7.31. The number of nitrogens with zero attached hydrogens (tertiary/aromatic N) is 2. The van der Waals surface area contributed by atoms with Crippen molar-refractivity contribution in [3.05, 3.63) is 77.2 Å². The number of furan rings is 1. The number of fused-ring (bicyclic) bond motifs is 2. The van der Waals surface area contributed by atoms with Gasteiger partial charge in [0.05, 0.1) is 28.6 Å². The molecule has 4 aromatic rings. The van der Waals surface area contributed by atoms with Crippen LogP contribution in [0.25, 0.3) is 34.6 Å². The molecule has 0 spiro atoms. The summed E-state index contributed by atoms with van der Waals surface area (Å²) in [5.74, 6) is 1.13. The number of aromatic nitrogens is 3. The van der Waals surface area contributed by atoms with Crippen LogP contribution in [0.1, 0.15) is 71.7 Å². The van der Waals surface area contributed by atoms with Crippen LogP contribution in [0.2, 0.25) is 0 Å². The van der Waals surface area contributed by atoms with Gasteiger partial charge in [-0.1, -0.05) is 25.3 Å². The third-order valence-electron chi connectivity index (χ3n) is 7.31. The van der Waals surface area contributed by atoms with Crippen LogP contribution in [-0.2, 0) is 6.42 Å². The number of carbonyl (C=O) groups is 1. The summed E-state index contributed by atoms with van der Waals surface area (Å²) in [7, 11) is 0. The molecule has 1 amide bonds. The van der Waals surface area contributed by atoms with Gasteiger partial charge in [0.2, 0.25) is 0 Å². The van der Waals surface area contributed by atoms with Gasteiger partial charge in [-0.2, -0.15) is 0 Å². The van der Waals surface area contributed by atoms with Crippen molar-refractivity contribution in [2.24, 2.45) is 0 Å². The van der Waals surface area contributed by atoms with E-state index in [9.17, 15) is 9.90 Å². The van der Waals surface area contributed by atoms with Crippen LogP contribution in [-0.4, -0.2) is 32.1 Å². The van der Waals surface area contributed by atoms with Crippen molar-refractivity contribution in [3.63, 3.8) is 0 Å². The molecule has 2 aliphatic carbocycles. The van der Waals surface area contributed by atoms with Gasteiger partial charge in [-0.25, -0.2) is 4.98 Å². The van der Waals surface area contributed by atoms with E-state index in [1.165, 1.54) is 19.3 Å². The average molecular weight is 483 g/mol. The molecule has 1 aromatic carbocycles. The van der Waals surface area contributed by atoms with Gasteiger partial charge in [0, 0.05) is 42.0 Å². The first kappa shape index (κ1) is 22.5. The van der Waals surface area contributed by atoms with Gasteiger partial charge in [0.25, 0.3) is 5.91 Å². The Morgan fingerprint density at radius 1 is 1.22 bits per heavy atom. The lowest BCUT2D eigenvalue weighted by molar-refractivity contribution is 0.0954. The minimum absolute atomic E-state index is 0.117. The number of allylic oxidation sites excluding steroid dienone is 1. The van der Waals surface area contributed by atoms with Gasteiger partial charge in [0.15, 0.2) is 0 Å². The van der Waals surface area contributed by atoms with Crippen LogP contribution in [0.5, 0.6) is 0 Å². The van der Waals surface area contributed by atoms with Crippen molar-refractivity contribution in [2.45, 2.75) is 51.0 Å². The summed E-state index contributed by atoms with van der Waals surface area (Å²) in [5, 5.41) is 13.1. The van der Waals surface area contributed by atoms with E-state index < -0.39 is 0 Å². The Bertz CT molecular complexity index is 1450.